The second-order valence-corrected chi connectivity index (χ2v) is 8.58. The summed E-state index contributed by atoms with van der Waals surface area (Å²) in [5.41, 5.74) is 0.416. The van der Waals surface area contributed by atoms with Gasteiger partial charge in [-0.05, 0) is 56.3 Å². The van der Waals surface area contributed by atoms with E-state index in [-0.39, 0.29) is 22.3 Å². The molecule has 6 nitrogen and oxygen atoms in total. The van der Waals surface area contributed by atoms with Crippen LogP contribution in [0.3, 0.4) is 0 Å². The molecule has 27 heavy (non-hydrogen) atoms. The summed E-state index contributed by atoms with van der Waals surface area (Å²) in [7, 11) is -2.26. The van der Waals surface area contributed by atoms with E-state index in [0.29, 0.717) is 10.6 Å². The van der Waals surface area contributed by atoms with Crippen LogP contribution < -0.4 is 0 Å². The first-order chi connectivity index (χ1) is 12.6. The highest BCUT2D eigenvalue weighted by Gasteiger charge is 2.24. The normalized spacial score (nSPS) is 11.6. The Hall–Kier alpha value is -2.22. The molecule has 2 rings (SSSR count). The van der Waals surface area contributed by atoms with Crippen LogP contribution >= 0.6 is 11.6 Å². The first kappa shape index (κ1) is 21.1. The third-order valence-corrected chi connectivity index (χ3v) is 6.26. The Morgan fingerprint density at radius 2 is 1.70 bits per heavy atom. The smallest absolute Gasteiger partial charge is 0.338 e. The minimum Gasteiger partial charge on any atom is -0.454 e. The van der Waals surface area contributed by atoms with Crippen molar-refractivity contribution in [2.45, 2.75) is 24.8 Å². The number of Topliss-reactive ketones (excluding diaryl/α,β-unsaturated/α-hetero) is 1. The van der Waals surface area contributed by atoms with Gasteiger partial charge in [0.2, 0.25) is 10.0 Å². The highest BCUT2D eigenvalue weighted by atomic mass is 35.5. The average Bonchev–Trinajstić information content (AvgIpc) is 2.65. The monoisotopic (exact) mass is 409 g/mol. The molecule has 2 aromatic rings. The third kappa shape index (κ3) is 5.15. The molecular weight excluding hydrogens is 390 g/mol. The van der Waals surface area contributed by atoms with E-state index in [4.69, 9.17) is 16.3 Å². The fourth-order valence-electron chi connectivity index (χ4n) is 2.16. The minimum absolute atomic E-state index is 0.0165. The van der Waals surface area contributed by atoms with Gasteiger partial charge in [0.25, 0.3) is 0 Å². The summed E-state index contributed by atoms with van der Waals surface area (Å²) in [6, 6.07) is 11.5. The Labute approximate surface area is 163 Å². The summed E-state index contributed by atoms with van der Waals surface area (Å²) in [5, 5.41) is 0.493. The molecular formula is C19H20ClNO5S. The maximum atomic E-state index is 12.5. The lowest BCUT2D eigenvalue weighted by Gasteiger charge is -2.21. The first-order valence-corrected chi connectivity index (χ1v) is 9.98. The largest absolute Gasteiger partial charge is 0.454 e. The van der Waals surface area contributed by atoms with Gasteiger partial charge < -0.3 is 4.74 Å². The second kappa shape index (κ2) is 8.65. The van der Waals surface area contributed by atoms with Gasteiger partial charge in [0.1, 0.15) is 0 Å². The molecule has 0 aromatic heterocycles. The predicted molar refractivity (Wildman–Crippen MR) is 103 cm³/mol. The number of esters is 1. The zero-order valence-electron chi connectivity index (χ0n) is 15.2. The number of ether oxygens (including phenoxy) is 1. The summed E-state index contributed by atoms with van der Waals surface area (Å²) in [6.45, 7) is 3.04. The molecule has 0 unspecified atom stereocenters. The van der Waals surface area contributed by atoms with Gasteiger partial charge in [0.15, 0.2) is 12.4 Å². The van der Waals surface area contributed by atoms with Crippen molar-refractivity contribution >= 4 is 33.4 Å². The molecule has 0 spiro atoms. The van der Waals surface area contributed by atoms with Gasteiger partial charge in [-0.25, -0.2) is 13.2 Å². The number of rotatable bonds is 7. The van der Waals surface area contributed by atoms with E-state index in [0.717, 1.165) is 0 Å². The second-order valence-electron chi connectivity index (χ2n) is 6.15. The molecule has 0 atom stereocenters. The lowest BCUT2D eigenvalue weighted by atomic mass is 10.1. The molecule has 2 aromatic carbocycles. The summed E-state index contributed by atoms with van der Waals surface area (Å²) in [5.74, 6) is -1.16. The summed E-state index contributed by atoms with van der Waals surface area (Å²) < 4.78 is 31.3. The van der Waals surface area contributed by atoms with E-state index < -0.39 is 22.6 Å². The number of hydrogen-bond donors (Lipinski definition) is 0. The van der Waals surface area contributed by atoms with Gasteiger partial charge in [-0.2, -0.15) is 4.31 Å². The van der Waals surface area contributed by atoms with E-state index in [1.165, 1.54) is 47.8 Å². The zero-order valence-corrected chi connectivity index (χ0v) is 16.8. The van der Waals surface area contributed by atoms with Gasteiger partial charge in [0.05, 0.1) is 10.5 Å². The lowest BCUT2D eigenvalue weighted by molar-refractivity contribution is 0.0474. The van der Waals surface area contributed by atoms with Crippen LogP contribution in [0, 0.1) is 0 Å². The van der Waals surface area contributed by atoms with Crippen molar-refractivity contribution in [2.24, 2.45) is 0 Å². The Kier molecular flexibility index (Phi) is 6.75. The van der Waals surface area contributed by atoms with Gasteiger partial charge >= 0.3 is 5.97 Å². The van der Waals surface area contributed by atoms with Crippen LogP contribution in [-0.4, -0.2) is 44.2 Å². The minimum atomic E-state index is -3.73. The molecule has 0 heterocycles. The fraction of sp³-hybridized carbons (Fsp3) is 0.263. The number of hydrogen-bond acceptors (Lipinski definition) is 5. The summed E-state index contributed by atoms with van der Waals surface area (Å²) in [6.07, 6.45) is 0. The molecule has 0 N–H and O–H groups in total. The van der Waals surface area contributed by atoms with E-state index >= 15 is 0 Å². The Bertz CT molecular complexity index is 939. The molecule has 0 radical (unpaired) electrons. The predicted octanol–water partition coefficient (Wildman–Crippen LogP) is 3.41. The molecule has 0 aliphatic carbocycles. The molecule has 0 aliphatic rings. The lowest BCUT2D eigenvalue weighted by Crippen LogP contribution is -2.33. The van der Waals surface area contributed by atoms with Crippen LogP contribution in [0.5, 0.6) is 0 Å². The topological polar surface area (TPSA) is 80.8 Å². The molecule has 144 valence electrons. The van der Waals surface area contributed by atoms with Gasteiger partial charge in [0, 0.05) is 23.7 Å². The Balaban J connectivity index is 2.11. The molecule has 0 bridgehead atoms. The van der Waals surface area contributed by atoms with Crippen molar-refractivity contribution in [3.05, 3.63) is 64.7 Å². The SMILES string of the molecule is CC(C)N(C)S(=O)(=O)c1cccc(C(=O)OCC(=O)c2ccc(Cl)cc2)c1. The third-order valence-electron chi connectivity index (χ3n) is 3.97. The first-order valence-electron chi connectivity index (χ1n) is 8.17. The molecule has 0 amide bonds. The number of carbonyl (C=O) groups excluding carboxylic acids is 2. The highest BCUT2D eigenvalue weighted by molar-refractivity contribution is 7.89. The summed E-state index contributed by atoms with van der Waals surface area (Å²) >= 11 is 5.77. The van der Waals surface area contributed by atoms with E-state index in [1.807, 2.05) is 0 Å². The van der Waals surface area contributed by atoms with E-state index in [2.05, 4.69) is 0 Å². The van der Waals surface area contributed by atoms with E-state index in [9.17, 15) is 18.0 Å². The van der Waals surface area contributed by atoms with Gasteiger partial charge in [-0.3, -0.25) is 4.79 Å². The van der Waals surface area contributed by atoms with Crippen molar-refractivity contribution in [1.29, 1.82) is 0 Å². The zero-order chi connectivity index (χ0) is 20.2. The van der Waals surface area contributed by atoms with Crippen LogP contribution in [0.2, 0.25) is 5.02 Å². The molecule has 0 fully saturated rings. The maximum absolute atomic E-state index is 12.5. The average molecular weight is 410 g/mol. The number of halogens is 1. The van der Waals surface area contributed by atoms with Gasteiger partial charge in [-0.1, -0.05) is 17.7 Å². The van der Waals surface area contributed by atoms with Crippen LogP contribution in [0.15, 0.2) is 53.4 Å². The van der Waals surface area contributed by atoms with Crippen molar-refractivity contribution < 1.29 is 22.7 Å². The van der Waals surface area contributed by atoms with Crippen LogP contribution in [-0.2, 0) is 14.8 Å². The Morgan fingerprint density at radius 3 is 2.30 bits per heavy atom. The number of ketones is 1. The van der Waals surface area contributed by atoms with Crippen LogP contribution in [0.4, 0.5) is 0 Å². The summed E-state index contributed by atoms with van der Waals surface area (Å²) in [4.78, 5) is 24.3. The number of carbonyl (C=O) groups is 2. The number of benzene rings is 2. The molecule has 0 aliphatic heterocycles. The van der Waals surface area contributed by atoms with Crippen molar-refractivity contribution in [3.8, 4) is 0 Å². The van der Waals surface area contributed by atoms with E-state index in [1.54, 1.807) is 26.0 Å². The number of sulfonamides is 1. The quantitative estimate of drug-likeness (QED) is 0.517. The fourth-order valence-corrected chi connectivity index (χ4v) is 3.70. The standard InChI is InChI=1S/C19H20ClNO5S/c1-13(2)21(3)27(24,25)17-6-4-5-15(11-17)19(23)26-12-18(22)14-7-9-16(20)10-8-14/h4-11,13H,12H2,1-3H3. The highest BCUT2D eigenvalue weighted by Crippen LogP contribution is 2.18. The molecule has 0 saturated heterocycles. The van der Waals surface area contributed by atoms with Crippen molar-refractivity contribution in [2.75, 3.05) is 13.7 Å². The van der Waals surface area contributed by atoms with Crippen LogP contribution in [0.1, 0.15) is 34.6 Å². The van der Waals surface area contributed by atoms with Crippen molar-refractivity contribution in [1.82, 2.24) is 4.31 Å². The maximum Gasteiger partial charge on any atom is 0.338 e. The van der Waals surface area contributed by atoms with Gasteiger partial charge in [-0.15, -0.1) is 0 Å². The van der Waals surface area contributed by atoms with Crippen molar-refractivity contribution in [3.63, 3.8) is 0 Å². The Morgan fingerprint density at radius 1 is 1.07 bits per heavy atom. The van der Waals surface area contributed by atoms with Crippen LogP contribution in [0.25, 0.3) is 0 Å². The number of nitrogens with zero attached hydrogens (tertiary/aromatic N) is 1. The molecule has 0 saturated carbocycles. The molecule has 8 heteroatoms.